The van der Waals surface area contributed by atoms with E-state index in [1.807, 2.05) is 70.0 Å². The molecule has 8 nitrogen and oxygen atoms in total. The SMILES string of the molecule is BrCc1ccc(-c2ccccc2-c2nnnn2Cc2ccccc2)cc1.Cc1ccc(-c2ccccc2-c2nnnn2Cc2ccccc2)cc1. The molecule has 2 aromatic heterocycles. The Hall–Kier alpha value is -6.06. The molecule has 0 amide bonds. The van der Waals surface area contributed by atoms with Gasteiger partial charge < -0.3 is 0 Å². The number of tetrazole rings is 2. The minimum Gasteiger partial charge on any atom is -0.221 e. The number of nitrogens with zero attached hydrogens (tertiary/aromatic N) is 8. The smallest absolute Gasteiger partial charge is 0.182 e. The van der Waals surface area contributed by atoms with E-state index >= 15 is 0 Å². The summed E-state index contributed by atoms with van der Waals surface area (Å²) < 4.78 is 3.70. The average molecular weight is 732 g/mol. The molecule has 9 heteroatoms. The monoisotopic (exact) mass is 730 g/mol. The second kappa shape index (κ2) is 16.1. The van der Waals surface area contributed by atoms with Gasteiger partial charge in [-0.3, -0.25) is 0 Å². The predicted molar refractivity (Wildman–Crippen MR) is 206 cm³/mol. The fourth-order valence-electron chi connectivity index (χ4n) is 5.89. The number of aromatic nitrogens is 8. The maximum Gasteiger partial charge on any atom is 0.182 e. The summed E-state index contributed by atoms with van der Waals surface area (Å²) in [6, 6.07) is 54.0. The van der Waals surface area contributed by atoms with Crippen molar-refractivity contribution < 1.29 is 0 Å². The van der Waals surface area contributed by atoms with Crippen LogP contribution < -0.4 is 0 Å². The largest absolute Gasteiger partial charge is 0.221 e. The molecule has 0 aliphatic heterocycles. The zero-order valence-corrected chi connectivity index (χ0v) is 29.7. The van der Waals surface area contributed by atoms with Crippen molar-refractivity contribution in [3.8, 4) is 45.0 Å². The van der Waals surface area contributed by atoms with Crippen molar-refractivity contribution in [3.63, 3.8) is 0 Å². The van der Waals surface area contributed by atoms with Crippen LogP contribution in [0.15, 0.2) is 158 Å². The van der Waals surface area contributed by atoms with E-state index in [0.29, 0.717) is 13.1 Å². The molecule has 6 aromatic carbocycles. The lowest BCUT2D eigenvalue weighted by Crippen LogP contribution is -2.05. The summed E-state index contributed by atoms with van der Waals surface area (Å²) in [6.45, 7) is 3.38. The van der Waals surface area contributed by atoms with Gasteiger partial charge in [0.25, 0.3) is 0 Å². The molecule has 250 valence electrons. The van der Waals surface area contributed by atoms with Crippen LogP contribution in [0.25, 0.3) is 45.0 Å². The first-order valence-corrected chi connectivity index (χ1v) is 17.8. The van der Waals surface area contributed by atoms with Crippen molar-refractivity contribution in [2.45, 2.75) is 25.3 Å². The molecule has 0 aliphatic carbocycles. The molecule has 0 bridgehead atoms. The van der Waals surface area contributed by atoms with Gasteiger partial charge >= 0.3 is 0 Å². The standard InChI is InChI=1S/C21H17BrN4.C21H18N4/c22-14-16-10-12-18(13-11-16)19-8-4-5-9-20(19)21-23-24-25-26(21)15-17-6-2-1-3-7-17;1-16-11-13-18(14-12-16)19-9-5-6-10-20(19)21-22-23-24-25(21)15-17-7-3-2-4-8-17/h1-13H,14-15H2;2-14H,15H2,1H3. The Morgan fingerprint density at radius 2 is 0.824 bits per heavy atom. The molecule has 0 N–H and O–H groups in total. The summed E-state index contributed by atoms with van der Waals surface area (Å²) in [5, 5.41) is 25.6. The van der Waals surface area contributed by atoms with Crippen molar-refractivity contribution in [2.24, 2.45) is 0 Å². The molecular formula is C42H35BrN8. The van der Waals surface area contributed by atoms with E-state index < -0.39 is 0 Å². The molecule has 2 heterocycles. The molecule has 0 aliphatic rings. The lowest BCUT2D eigenvalue weighted by Gasteiger charge is -2.10. The van der Waals surface area contributed by atoms with Gasteiger partial charge in [-0.25, -0.2) is 9.36 Å². The quantitative estimate of drug-likeness (QED) is 0.138. The van der Waals surface area contributed by atoms with Gasteiger partial charge in [-0.1, -0.05) is 179 Å². The molecule has 0 saturated heterocycles. The minimum absolute atomic E-state index is 0.639. The normalized spacial score (nSPS) is 10.8. The number of alkyl halides is 1. The Morgan fingerprint density at radius 3 is 1.25 bits per heavy atom. The number of rotatable bonds is 9. The van der Waals surface area contributed by atoms with Crippen LogP contribution in [0.4, 0.5) is 0 Å². The van der Waals surface area contributed by atoms with Gasteiger partial charge in [0.2, 0.25) is 0 Å². The van der Waals surface area contributed by atoms with Crippen molar-refractivity contribution in [1.82, 2.24) is 40.4 Å². The molecule has 8 aromatic rings. The molecular weight excluding hydrogens is 696 g/mol. The van der Waals surface area contributed by atoms with Crippen molar-refractivity contribution in [1.29, 1.82) is 0 Å². The second-order valence-corrected chi connectivity index (χ2v) is 12.6. The molecule has 51 heavy (non-hydrogen) atoms. The van der Waals surface area contributed by atoms with E-state index in [0.717, 1.165) is 50.4 Å². The zero-order valence-electron chi connectivity index (χ0n) is 28.1. The Kier molecular flexibility index (Phi) is 10.6. The van der Waals surface area contributed by atoms with Crippen LogP contribution in [0.1, 0.15) is 22.3 Å². The Bertz CT molecular complexity index is 2300. The highest BCUT2D eigenvalue weighted by Gasteiger charge is 2.16. The molecule has 0 fully saturated rings. The van der Waals surface area contributed by atoms with E-state index in [4.69, 9.17) is 0 Å². The van der Waals surface area contributed by atoms with E-state index in [1.54, 1.807) is 0 Å². The Balaban J connectivity index is 0.000000159. The Labute approximate surface area is 305 Å². The van der Waals surface area contributed by atoms with E-state index in [2.05, 4.69) is 151 Å². The van der Waals surface area contributed by atoms with E-state index in [1.165, 1.54) is 22.3 Å². The van der Waals surface area contributed by atoms with Gasteiger partial charge in [-0.05, 0) is 66.7 Å². The fraction of sp³-hybridized carbons (Fsp3) is 0.0952. The summed E-state index contributed by atoms with van der Waals surface area (Å²) in [7, 11) is 0. The average Bonchev–Trinajstić information content (AvgIpc) is 3.86. The van der Waals surface area contributed by atoms with Crippen LogP contribution >= 0.6 is 15.9 Å². The number of hydrogen-bond donors (Lipinski definition) is 0. The third-order valence-corrected chi connectivity index (χ3v) is 9.18. The molecule has 8 rings (SSSR count). The van der Waals surface area contributed by atoms with E-state index in [-0.39, 0.29) is 0 Å². The van der Waals surface area contributed by atoms with Crippen molar-refractivity contribution in [3.05, 3.63) is 180 Å². The van der Waals surface area contributed by atoms with Crippen molar-refractivity contribution in [2.75, 3.05) is 0 Å². The van der Waals surface area contributed by atoms with Gasteiger partial charge in [0.05, 0.1) is 13.1 Å². The summed E-state index contributed by atoms with van der Waals surface area (Å²) in [4.78, 5) is 0. The van der Waals surface area contributed by atoms with Crippen molar-refractivity contribution >= 4 is 15.9 Å². The first kappa shape index (κ1) is 33.4. The summed E-state index contributed by atoms with van der Waals surface area (Å²) >= 11 is 3.50. The lowest BCUT2D eigenvalue weighted by atomic mass is 9.98. The summed E-state index contributed by atoms with van der Waals surface area (Å²) in [6.07, 6.45) is 0. The van der Waals surface area contributed by atoms with Crippen LogP contribution in [-0.2, 0) is 18.4 Å². The van der Waals surface area contributed by atoms with Gasteiger partial charge in [0.1, 0.15) is 0 Å². The van der Waals surface area contributed by atoms with Gasteiger partial charge in [0, 0.05) is 16.5 Å². The fourth-order valence-corrected chi connectivity index (χ4v) is 6.26. The van der Waals surface area contributed by atoms with E-state index in [9.17, 15) is 0 Å². The highest BCUT2D eigenvalue weighted by Crippen LogP contribution is 2.32. The predicted octanol–water partition coefficient (Wildman–Crippen LogP) is 9.31. The van der Waals surface area contributed by atoms with Gasteiger partial charge in [-0.2, -0.15) is 0 Å². The van der Waals surface area contributed by atoms with Gasteiger partial charge in [0.15, 0.2) is 11.6 Å². The number of benzene rings is 6. The summed E-state index contributed by atoms with van der Waals surface area (Å²) in [5.74, 6) is 1.55. The number of halogens is 1. The molecule has 0 radical (unpaired) electrons. The number of aryl methyl sites for hydroxylation is 1. The zero-order chi connectivity index (χ0) is 34.8. The van der Waals surface area contributed by atoms with Crippen LogP contribution in [0.5, 0.6) is 0 Å². The van der Waals surface area contributed by atoms with Crippen LogP contribution in [0.2, 0.25) is 0 Å². The van der Waals surface area contributed by atoms with Crippen LogP contribution in [0.3, 0.4) is 0 Å². The number of hydrogen-bond acceptors (Lipinski definition) is 6. The first-order chi connectivity index (χ1) is 25.2. The highest BCUT2D eigenvalue weighted by molar-refractivity contribution is 9.08. The molecule has 0 atom stereocenters. The molecule has 0 unspecified atom stereocenters. The summed E-state index contributed by atoms with van der Waals surface area (Å²) in [5.41, 5.74) is 11.5. The second-order valence-electron chi connectivity index (χ2n) is 12.1. The first-order valence-electron chi connectivity index (χ1n) is 16.7. The highest BCUT2D eigenvalue weighted by atomic mass is 79.9. The Morgan fingerprint density at radius 1 is 0.431 bits per heavy atom. The maximum atomic E-state index is 4.30. The lowest BCUT2D eigenvalue weighted by molar-refractivity contribution is 0.653. The van der Waals surface area contributed by atoms with Crippen LogP contribution in [0, 0.1) is 6.92 Å². The minimum atomic E-state index is 0.639. The third-order valence-electron chi connectivity index (χ3n) is 8.53. The molecule has 0 spiro atoms. The topological polar surface area (TPSA) is 87.2 Å². The van der Waals surface area contributed by atoms with Crippen LogP contribution in [-0.4, -0.2) is 40.4 Å². The third kappa shape index (κ3) is 8.06. The van der Waals surface area contributed by atoms with Gasteiger partial charge in [-0.15, -0.1) is 10.2 Å². The maximum absolute atomic E-state index is 4.30. The molecule has 0 saturated carbocycles.